The summed E-state index contributed by atoms with van der Waals surface area (Å²) in [6, 6.07) is 0. The van der Waals surface area contributed by atoms with Crippen molar-refractivity contribution in [3.63, 3.8) is 0 Å². The molecule has 2 unspecified atom stereocenters. The van der Waals surface area contributed by atoms with Crippen LogP contribution < -0.4 is 0 Å². The average molecular weight is 415 g/mol. The summed E-state index contributed by atoms with van der Waals surface area (Å²) in [4.78, 5) is 22.2. The Morgan fingerprint density at radius 1 is 0.960 bits per heavy atom. The van der Waals surface area contributed by atoms with E-state index in [1.807, 2.05) is 13.8 Å². The van der Waals surface area contributed by atoms with Gasteiger partial charge in [0.1, 0.15) is 0 Å². The number of hydrogen-bond acceptors (Lipinski definition) is 7. The van der Waals surface area contributed by atoms with Crippen LogP contribution in [0.25, 0.3) is 0 Å². The molecule has 0 rings (SSSR count). The number of rotatable bonds is 13. The van der Waals surface area contributed by atoms with Gasteiger partial charge in [0.25, 0.3) is 5.69 Å². The Morgan fingerprint density at radius 2 is 1.40 bits per heavy atom. The van der Waals surface area contributed by atoms with Crippen molar-refractivity contribution in [3.05, 3.63) is 0 Å². The molecule has 0 aromatic carbocycles. The smallest absolute Gasteiger partial charge is 0.318 e. The first kappa shape index (κ1) is 24.9. The first-order chi connectivity index (χ1) is 11.4. The molecule has 2 atom stereocenters. The molecule has 0 saturated carbocycles. The maximum absolute atomic E-state index is 11.7. The van der Waals surface area contributed by atoms with Gasteiger partial charge >= 0.3 is 11.9 Å². The predicted molar refractivity (Wildman–Crippen MR) is 105 cm³/mol. The van der Waals surface area contributed by atoms with Crippen molar-refractivity contribution in [2.45, 2.75) is 79.4 Å². The van der Waals surface area contributed by atoms with Gasteiger partial charge in [0.15, 0.2) is 11.7 Å². The van der Waals surface area contributed by atoms with E-state index in [1.165, 1.54) is 0 Å². The highest BCUT2D eigenvalue weighted by Gasteiger charge is 2.30. The SMILES string of the molecule is CC(C)CC(C)OP(=S)(OC(C)CC(C)C)SOC(=O)CCC(=O)O. The third-order valence-electron chi connectivity index (χ3n) is 2.99. The summed E-state index contributed by atoms with van der Waals surface area (Å²) in [7, 11) is 0. The lowest BCUT2D eigenvalue weighted by Gasteiger charge is -2.28. The molecular formula is C16H31O6PS2. The minimum Gasteiger partial charge on any atom is -0.481 e. The van der Waals surface area contributed by atoms with Crippen LogP contribution in [0.1, 0.15) is 67.2 Å². The number of aliphatic carboxylic acids is 1. The van der Waals surface area contributed by atoms with Crippen LogP contribution in [-0.2, 0) is 34.6 Å². The molecule has 0 aliphatic heterocycles. The summed E-state index contributed by atoms with van der Waals surface area (Å²) in [5.74, 6) is -0.809. The number of hydrogen-bond donors (Lipinski definition) is 1. The zero-order valence-electron chi connectivity index (χ0n) is 15.9. The molecular weight excluding hydrogens is 383 g/mol. The van der Waals surface area contributed by atoms with Crippen LogP contribution in [0.15, 0.2) is 0 Å². The Kier molecular flexibility index (Phi) is 12.2. The molecule has 6 nitrogen and oxygen atoms in total. The maximum atomic E-state index is 11.7. The van der Waals surface area contributed by atoms with E-state index in [-0.39, 0.29) is 25.0 Å². The van der Waals surface area contributed by atoms with Crippen LogP contribution in [0.4, 0.5) is 0 Å². The molecule has 0 bridgehead atoms. The minimum absolute atomic E-state index is 0.123. The summed E-state index contributed by atoms with van der Waals surface area (Å²) in [5, 5.41) is 8.62. The number of carbonyl (C=O) groups is 2. The fourth-order valence-corrected chi connectivity index (χ4v) is 6.45. The van der Waals surface area contributed by atoms with Gasteiger partial charge in [0.05, 0.1) is 25.0 Å². The van der Waals surface area contributed by atoms with Gasteiger partial charge in [-0.2, -0.15) is 0 Å². The normalized spacial score (nSPS) is 16.5. The molecule has 0 aromatic rings. The second-order valence-electron chi connectivity index (χ2n) is 6.96. The lowest BCUT2D eigenvalue weighted by atomic mass is 10.1. The molecule has 0 heterocycles. The van der Waals surface area contributed by atoms with E-state index in [9.17, 15) is 9.59 Å². The standard InChI is InChI=1S/C16H31O6PS2/c1-11(2)9-13(5)20-23(24,21-14(6)10-12(3)4)25-22-16(19)8-7-15(17)18/h11-14H,7-10H2,1-6H3,(H,17,18). The van der Waals surface area contributed by atoms with Crippen LogP contribution in [0.3, 0.4) is 0 Å². The third-order valence-corrected chi connectivity index (χ3v) is 7.02. The maximum Gasteiger partial charge on any atom is 0.318 e. The molecule has 1 N–H and O–H groups in total. The van der Waals surface area contributed by atoms with E-state index in [0.717, 1.165) is 24.5 Å². The number of carboxylic acid groups (broad SMARTS) is 1. The van der Waals surface area contributed by atoms with Crippen molar-refractivity contribution in [1.29, 1.82) is 0 Å². The lowest BCUT2D eigenvalue weighted by Crippen LogP contribution is -2.15. The highest BCUT2D eigenvalue weighted by atomic mass is 32.9. The zero-order chi connectivity index (χ0) is 19.6. The molecule has 0 saturated heterocycles. The number of carboxylic acids is 1. The van der Waals surface area contributed by atoms with E-state index >= 15 is 0 Å². The molecule has 0 aliphatic rings. The van der Waals surface area contributed by atoms with Crippen LogP contribution in [-0.4, -0.2) is 29.3 Å². The fraction of sp³-hybridized carbons (Fsp3) is 0.875. The largest absolute Gasteiger partial charge is 0.481 e. The molecule has 0 radical (unpaired) electrons. The van der Waals surface area contributed by atoms with E-state index < -0.39 is 17.6 Å². The molecule has 0 fully saturated rings. The second-order valence-corrected chi connectivity index (χ2v) is 12.6. The van der Waals surface area contributed by atoms with Gasteiger partial charge in [-0.25, -0.2) is 0 Å². The van der Waals surface area contributed by atoms with Gasteiger partial charge in [-0.3, -0.25) is 9.59 Å². The average Bonchev–Trinajstić information content (AvgIpc) is 2.40. The van der Waals surface area contributed by atoms with Crippen molar-refractivity contribution < 1.29 is 27.9 Å². The molecule has 0 aliphatic carbocycles. The zero-order valence-corrected chi connectivity index (χ0v) is 18.4. The van der Waals surface area contributed by atoms with Crippen molar-refractivity contribution in [2.24, 2.45) is 11.8 Å². The van der Waals surface area contributed by atoms with Gasteiger partial charge in [-0.05, 0) is 50.3 Å². The van der Waals surface area contributed by atoms with Crippen molar-refractivity contribution >= 4 is 41.1 Å². The number of carbonyl (C=O) groups excluding carboxylic acids is 1. The van der Waals surface area contributed by atoms with E-state index in [1.54, 1.807) is 0 Å². The Labute approximate surface area is 160 Å². The van der Waals surface area contributed by atoms with Crippen LogP contribution in [0, 0.1) is 11.8 Å². The van der Waals surface area contributed by atoms with Gasteiger partial charge in [0.2, 0.25) is 0 Å². The van der Waals surface area contributed by atoms with E-state index in [0.29, 0.717) is 11.8 Å². The minimum atomic E-state index is -2.89. The molecule has 9 heteroatoms. The van der Waals surface area contributed by atoms with Crippen molar-refractivity contribution in [3.8, 4) is 0 Å². The summed E-state index contributed by atoms with van der Waals surface area (Å²) in [5.41, 5.74) is -2.89. The highest BCUT2D eigenvalue weighted by molar-refractivity contribution is 8.66. The van der Waals surface area contributed by atoms with Gasteiger partial charge in [-0.1, -0.05) is 27.7 Å². The van der Waals surface area contributed by atoms with Crippen LogP contribution >= 0.6 is 17.4 Å². The van der Waals surface area contributed by atoms with E-state index in [4.69, 9.17) is 30.1 Å². The summed E-state index contributed by atoms with van der Waals surface area (Å²) in [6.45, 7) is 12.2. The molecule has 0 amide bonds. The monoisotopic (exact) mass is 414 g/mol. The second kappa shape index (κ2) is 12.3. The molecule has 148 valence electrons. The molecule has 25 heavy (non-hydrogen) atoms. The summed E-state index contributed by atoms with van der Waals surface area (Å²) in [6.07, 6.45) is 0.893. The lowest BCUT2D eigenvalue weighted by molar-refractivity contribution is -0.141. The predicted octanol–water partition coefficient (Wildman–Crippen LogP) is 5.17. The highest BCUT2D eigenvalue weighted by Crippen LogP contribution is 2.63. The van der Waals surface area contributed by atoms with Gasteiger partial charge < -0.3 is 18.3 Å². The van der Waals surface area contributed by atoms with Crippen LogP contribution in [0.2, 0.25) is 0 Å². The third kappa shape index (κ3) is 13.7. The summed E-state index contributed by atoms with van der Waals surface area (Å²) >= 11 is 6.28. The van der Waals surface area contributed by atoms with Crippen molar-refractivity contribution in [1.82, 2.24) is 0 Å². The van der Waals surface area contributed by atoms with Crippen molar-refractivity contribution in [2.75, 3.05) is 0 Å². The first-order valence-electron chi connectivity index (χ1n) is 8.51. The quantitative estimate of drug-likeness (QED) is 0.326. The molecule has 0 aromatic heterocycles. The first-order valence-corrected chi connectivity index (χ1v) is 12.5. The summed E-state index contributed by atoms with van der Waals surface area (Å²) < 4.78 is 17.0. The van der Waals surface area contributed by atoms with Gasteiger partial charge in [-0.15, -0.1) is 0 Å². The fourth-order valence-electron chi connectivity index (χ4n) is 2.25. The van der Waals surface area contributed by atoms with E-state index in [2.05, 4.69) is 27.7 Å². The Hall–Kier alpha value is -0.140. The Morgan fingerprint density at radius 3 is 1.76 bits per heavy atom. The molecule has 0 spiro atoms. The Balaban J connectivity index is 4.83. The van der Waals surface area contributed by atoms with Gasteiger partial charge in [0, 0.05) is 0 Å². The topological polar surface area (TPSA) is 82.1 Å². The van der Waals surface area contributed by atoms with Crippen LogP contribution in [0.5, 0.6) is 0 Å². The Bertz CT molecular complexity index is 448.